The molecule has 2 nitrogen and oxygen atoms in total. The third-order valence-corrected chi connectivity index (χ3v) is 2.38. The minimum Gasteiger partial charge on any atom is -0.384 e. The van der Waals surface area contributed by atoms with Crippen molar-refractivity contribution in [3.63, 3.8) is 0 Å². The van der Waals surface area contributed by atoms with Crippen molar-refractivity contribution in [3.8, 4) is 11.3 Å². The van der Waals surface area contributed by atoms with Crippen LogP contribution in [-0.2, 0) is 0 Å². The molecule has 0 aliphatic rings. The summed E-state index contributed by atoms with van der Waals surface area (Å²) >= 11 is 3.42. The lowest BCUT2D eigenvalue weighted by Gasteiger charge is -2.01. The summed E-state index contributed by atoms with van der Waals surface area (Å²) in [6, 6.07) is 13.6. The molecule has 0 spiro atoms. The fraction of sp³-hybridized carbons (Fsp3) is 0. The molecule has 2 aromatic rings. The highest BCUT2D eigenvalue weighted by Gasteiger charge is 1.99. The van der Waals surface area contributed by atoms with Crippen molar-refractivity contribution < 1.29 is 0 Å². The normalized spacial score (nSPS) is 10.1. The molecule has 0 radical (unpaired) electrons. The van der Waals surface area contributed by atoms with Gasteiger partial charge in [0.15, 0.2) is 0 Å². The number of anilines is 1. The molecule has 0 saturated carbocycles. The van der Waals surface area contributed by atoms with E-state index in [9.17, 15) is 0 Å². The van der Waals surface area contributed by atoms with Gasteiger partial charge in [0.05, 0.1) is 5.69 Å². The van der Waals surface area contributed by atoms with Crippen LogP contribution in [0, 0.1) is 0 Å². The van der Waals surface area contributed by atoms with E-state index < -0.39 is 0 Å². The molecule has 0 atom stereocenters. The zero-order valence-electron chi connectivity index (χ0n) is 7.44. The summed E-state index contributed by atoms with van der Waals surface area (Å²) in [5.74, 6) is 0.544. The molecular weight excluding hydrogens is 240 g/mol. The van der Waals surface area contributed by atoms with Gasteiger partial charge in [0, 0.05) is 10.0 Å². The Morgan fingerprint density at radius 3 is 2.57 bits per heavy atom. The molecule has 0 aliphatic carbocycles. The second-order valence-electron chi connectivity index (χ2n) is 2.96. The molecule has 0 aliphatic heterocycles. The molecule has 0 saturated heterocycles. The summed E-state index contributed by atoms with van der Waals surface area (Å²) in [5.41, 5.74) is 7.57. The Hall–Kier alpha value is -1.35. The highest BCUT2D eigenvalue weighted by molar-refractivity contribution is 9.10. The van der Waals surface area contributed by atoms with E-state index in [1.54, 1.807) is 6.07 Å². The molecule has 3 heteroatoms. The van der Waals surface area contributed by atoms with Crippen LogP contribution >= 0.6 is 15.9 Å². The Labute approximate surface area is 90.9 Å². The molecule has 0 fully saturated rings. The molecule has 0 amide bonds. The average Bonchev–Trinajstić information content (AvgIpc) is 2.18. The Kier molecular flexibility index (Phi) is 2.50. The number of aromatic nitrogens is 1. The highest BCUT2D eigenvalue weighted by atomic mass is 79.9. The van der Waals surface area contributed by atoms with Gasteiger partial charge in [0.1, 0.15) is 5.82 Å². The van der Waals surface area contributed by atoms with E-state index in [1.165, 1.54) is 0 Å². The van der Waals surface area contributed by atoms with E-state index >= 15 is 0 Å². The van der Waals surface area contributed by atoms with Crippen LogP contribution in [-0.4, -0.2) is 4.98 Å². The van der Waals surface area contributed by atoms with Crippen LogP contribution in [0.5, 0.6) is 0 Å². The molecule has 2 N–H and O–H groups in total. The SMILES string of the molecule is Nc1cccc(-c2cccc(Br)c2)n1. The van der Waals surface area contributed by atoms with Crippen LogP contribution in [0.2, 0.25) is 0 Å². The summed E-state index contributed by atoms with van der Waals surface area (Å²) in [7, 11) is 0. The van der Waals surface area contributed by atoms with Crippen molar-refractivity contribution in [1.82, 2.24) is 4.98 Å². The van der Waals surface area contributed by atoms with Gasteiger partial charge >= 0.3 is 0 Å². The van der Waals surface area contributed by atoms with Crippen molar-refractivity contribution in [1.29, 1.82) is 0 Å². The Bertz CT molecular complexity index is 411. The number of pyridine rings is 1. The molecular formula is C11H9BrN2. The zero-order chi connectivity index (χ0) is 9.97. The number of nitrogen functional groups attached to an aromatic ring is 1. The first kappa shape index (κ1) is 9.21. The Morgan fingerprint density at radius 2 is 1.86 bits per heavy atom. The zero-order valence-corrected chi connectivity index (χ0v) is 9.03. The fourth-order valence-corrected chi connectivity index (χ4v) is 1.66. The third-order valence-electron chi connectivity index (χ3n) is 1.89. The second-order valence-corrected chi connectivity index (χ2v) is 3.87. The van der Waals surface area contributed by atoms with Crippen molar-refractivity contribution >= 4 is 21.7 Å². The largest absolute Gasteiger partial charge is 0.384 e. The molecule has 1 heterocycles. The van der Waals surface area contributed by atoms with Crippen LogP contribution in [0.4, 0.5) is 5.82 Å². The summed E-state index contributed by atoms with van der Waals surface area (Å²) in [5, 5.41) is 0. The first-order valence-corrected chi connectivity index (χ1v) is 5.03. The summed E-state index contributed by atoms with van der Waals surface area (Å²) < 4.78 is 1.04. The summed E-state index contributed by atoms with van der Waals surface area (Å²) in [6.45, 7) is 0. The van der Waals surface area contributed by atoms with Crippen LogP contribution in [0.1, 0.15) is 0 Å². The molecule has 1 aromatic heterocycles. The van der Waals surface area contributed by atoms with E-state index in [4.69, 9.17) is 5.73 Å². The van der Waals surface area contributed by atoms with Gasteiger partial charge in [-0.3, -0.25) is 0 Å². The predicted octanol–water partition coefficient (Wildman–Crippen LogP) is 3.09. The van der Waals surface area contributed by atoms with Crippen LogP contribution in [0.15, 0.2) is 46.9 Å². The maximum atomic E-state index is 5.61. The maximum Gasteiger partial charge on any atom is 0.124 e. The van der Waals surface area contributed by atoms with E-state index in [2.05, 4.69) is 20.9 Å². The Balaban J connectivity index is 2.49. The smallest absolute Gasteiger partial charge is 0.124 e. The van der Waals surface area contributed by atoms with Crippen molar-refractivity contribution in [2.24, 2.45) is 0 Å². The van der Waals surface area contributed by atoms with Gasteiger partial charge in [0.25, 0.3) is 0 Å². The van der Waals surface area contributed by atoms with Crippen LogP contribution < -0.4 is 5.73 Å². The predicted molar refractivity (Wildman–Crippen MR) is 61.8 cm³/mol. The first-order chi connectivity index (χ1) is 6.75. The number of halogens is 1. The van der Waals surface area contributed by atoms with Crippen molar-refractivity contribution in [2.45, 2.75) is 0 Å². The number of nitrogens with two attached hydrogens (primary N) is 1. The summed E-state index contributed by atoms with van der Waals surface area (Å²) in [6.07, 6.45) is 0. The lowest BCUT2D eigenvalue weighted by Crippen LogP contribution is -1.90. The van der Waals surface area contributed by atoms with Crippen molar-refractivity contribution in [2.75, 3.05) is 5.73 Å². The fourth-order valence-electron chi connectivity index (χ4n) is 1.26. The number of benzene rings is 1. The summed E-state index contributed by atoms with van der Waals surface area (Å²) in [4.78, 5) is 4.24. The minimum atomic E-state index is 0.544. The molecule has 14 heavy (non-hydrogen) atoms. The molecule has 1 aromatic carbocycles. The van der Waals surface area contributed by atoms with Gasteiger partial charge in [-0.15, -0.1) is 0 Å². The molecule has 0 unspecified atom stereocenters. The average molecular weight is 249 g/mol. The minimum absolute atomic E-state index is 0.544. The van der Waals surface area contributed by atoms with Crippen LogP contribution in [0.3, 0.4) is 0 Å². The topological polar surface area (TPSA) is 38.9 Å². The van der Waals surface area contributed by atoms with E-state index in [-0.39, 0.29) is 0 Å². The number of hydrogen-bond donors (Lipinski definition) is 1. The second kappa shape index (κ2) is 3.80. The molecule has 2 rings (SSSR count). The third kappa shape index (κ3) is 1.93. The molecule has 70 valence electrons. The maximum absolute atomic E-state index is 5.61. The van der Waals surface area contributed by atoms with Gasteiger partial charge in [0.2, 0.25) is 0 Å². The highest BCUT2D eigenvalue weighted by Crippen LogP contribution is 2.21. The van der Waals surface area contributed by atoms with Crippen LogP contribution in [0.25, 0.3) is 11.3 Å². The lowest BCUT2D eigenvalue weighted by molar-refractivity contribution is 1.33. The van der Waals surface area contributed by atoms with Gasteiger partial charge in [-0.1, -0.05) is 34.1 Å². The monoisotopic (exact) mass is 248 g/mol. The van der Waals surface area contributed by atoms with E-state index in [0.29, 0.717) is 5.82 Å². The van der Waals surface area contributed by atoms with Gasteiger partial charge < -0.3 is 5.73 Å². The van der Waals surface area contributed by atoms with Gasteiger partial charge in [-0.2, -0.15) is 0 Å². The van der Waals surface area contributed by atoms with Gasteiger partial charge in [-0.25, -0.2) is 4.98 Å². The van der Waals surface area contributed by atoms with E-state index in [0.717, 1.165) is 15.7 Å². The quantitative estimate of drug-likeness (QED) is 0.843. The Morgan fingerprint density at radius 1 is 1.07 bits per heavy atom. The number of nitrogens with zero attached hydrogens (tertiary/aromatic N) is 1. The van der Waals surface area contributed by atoms with E-state index in [1.807, 2.05) is 36.4 Å². The number of rotatable bonds is 1. The standard InChI is InChI=1S/C11H9BrN2/c12-9-4-1-3-8(7-9)10-5-2-6-11(13)14-10/h1-7H,(H2,13,14). The van der Waals surface area contributed by atoms with Crippen molar-refractivity contribution in [3.05, 3.63) is 46.9 Å². The number of hydrogen-bond acceptors (Lipinski definition) is 2. The first-order valence-electron chi connectivity index (χ1n) is 4.24. The lowest BCUT2D eigenvalue weighted by atomic mass is 10.1. The van der Waals surface area contributed by atoms with Gasteiger partial charge in [-0.05, 0) is 24.3 Å². The molecule has 0 bridgehead atoms.